The van der Waals surface area contributed by atoms with E-state index in [1.54, 1.807) is 6.07 Å². The summed E-state index contributed by atoms with van der Waals surface area (Å²) in [6.45, 7) is 7.68. The van der Waals surface area contributed by atoms with Gasteiger partial charge in [0.1, 0.15) is 18.2 Å². The number of hydrogen-bond donors (Lipinski definition) is 1. The molecule has 17 heavy (non-hydrogen) atoms. The lowest BCUT2D eigenvalue weighted by atomic mass is 10.0. The van der Waals surface area contributed by atoms with E-state index in [0.29, 0.717) is 12.4 Å². The maximum Gasteiger partial charge on any atom is 0.136 e. The van der Waals surface area contributed by atoms with Gasteiger partial charge in [-0.15, -0.1) is 0 Å². The van der Waals surface area contributed by atoms with Crippen molar-refractivity contribution in [3.05, 3.63) is 28.5 Å². The number of halogens is 2. The number of nitrogens with one attached hydrogen (secondary N) is 1. The zero-order valence-electron chi connectivity index (χ0n) is 10.5. The summed E-state index contributed by atoms with van der Waals surface area (Å²) in [5.74, 6) is 0.256. The molecule has 0 unspecified atom stereocenters. The molecule has 1 N–H and O–H groups in total. The first kappa shape index (κ1) is 14.5. The third-order valence-electron chi connectivity index (χ3n) is 2.74. The minimum absolute atomic E-state index is 0.114. The molecule has 0 saturated carbocycles. The fraction of sp³-hybridized carbons (Fsp3) is 0.538. The van der Waals surface area contributed by atoms with Gasteiger partial charge in [0.25, 0.3) is 0 Å². The highest BCUT2D eigenvalue weighted by Crippen LogP contribution is 2.25. The van der Waals surface area contributed by atoms with Gasteiger partial charge in [-0.05, 0) is 48.3 Å². The molecule has 0 amide bonds. The van der Waals surface area contributed by atoms with Crippen molar-refractivity contribution < 1.29 is 9.13 Å². The monoisotopic (exact) mass is 303 g/mol. The van der Waals surface area contributed by atoms with Gasteiger partial charge in [0, 0.05) is 18.2 Å². The van der Waals surface area contributed by atoms with E-state index >= 15 is 0 Å². The number of benzene rings is 1. The average molecular weight is 304 g/mol. The zero-order valence-corrected chi connectivity index (χ0v) is 12.1. The minimum Gasteiger partial charge on any atom is -0.491 e. The van der Waals surface area contributed by atoms with E-state index in [9.17, 15) is 4.39 Å². The van der Waals surface area contributed by atoms with E-state index < -0.39 is 0 Å². The van der Waals surface area contributed by atoms with Crippen LogP contribution in [0.4, 0.5) is 4.39 Å². The third-order valence-corrected chi connectivity index (χ3v) is 3.40. The molecule has 0 heterocycles. The molecule has 96 valence electrons. The van der Waals surface area contributed by atoms with Gasteiger partial charge in [-0.1, -0.05) is 6.92 Å². The summed E-state index contributed by atoms with van der Waals surface area (Å²) in [6, 6.07) is 4.43. The van der Waals surface area contributed by atoms with Crippen LogP contribution in [0.1, 0.15) is 27.2 Å². The molecule has 0 spiro atoms. The number of hydrogen-bond acceptors (Lipinski definition) is 2. The van der Waals surface area contributed by atoms with Crippen molar-refractivity contribution in [1.29, 1.82) is 0 Å². The molecule has 0 radical (unpaired) electrons. The Morgan fingerprint density at radius 3 is 2.76 bits per heavy atom. The molecule has 0 atom stereocenters. The Hall–Kier alpha value is -0.610. The van der Waals surface area contributed by atoms with Crippen LogP contribution in [-0.2, 0) is 0 Å². The van der Waals surface area contributed by atoms with Gasteiger partial charge in [-0.2, -0.15) is 0 Å². The molecule has 0 aliphatic heterocycles. The highest BCUT2D eigenvalue weighted by molar-refractivity contribution is 9.10. The van der Waals surface area contributed by atoms with Crippen molar-refractivity contribution in [3.8, 4) is 5.75 Å². The number of ether oxygens (including phenoxy) is 1. The van der Waals surface area contributed by atoms with E-state index in [1.165, 1.54) is 12.1 Å². The summed E-state index contributed by atoms with van der Waals surface area (Å²) in [4.78, 5) is 0. The smallest absolute Gasteiger partial charge is 0.136 e. The Morgan fingerprint density at radius 1 is 1.41 bits per heavy atom. The van der Waals surface area contributed by atoms with Crippen LogP contribution >= 0.6 is 15.9 Å². The van der Waals surface area contributed by atoms with E-state index in [0.717, 1.165) is 17.4 Å². The van der Waals surface area contributed by atoms with Crippen molar-refractivity contribution in [3.63, 3.8) is 0 Å². The standard InChI is InChI=1S/C13H19BrFNO/c1-4-13(2,3)16-7-8-17-12-9-10(15)5-6-11(12)14/h5-6,9,16H,4,7-8H2,1-3H3. The van der Waals surface area contributed by atoms with Crippen molar-refractivity contribution in [2.45, 2.75) is 32.7 Å². The fourth-order valence-electron chi connectivity index (χ4n) is 1.26. The van der Waals surface area contributed by atoms with E-state index in [2.05, 4.69) is 42.0 Å². The minimum atomic E-state index is -0.287. The predicted molar refractivity (Wildman–Crippen MR) is 72.0 cm³/mol. The molecule has 1 aromatic carbocycles. The van der Waals surface area contributed by atoms with Crippen LogP contribution in [0.25, 0.3) is 0 Å². The van der Waals surface area contributed by atoms with Crippen molar-refractivity contribution in [1.82, 2.24) is 5.32 Å². The average Bonchev–Trinajstić information content (AvgIpc) is 2.29. The Kier molecular flexibility index (Phi) is 5.40. The van der Waals surface area contributed by atoms with Gasteiger partial charge < -0.3 is 10.1 Å². The molecule has 0 aliphatic rings. The highest BCUT2D eigenvalue weighted by Gasteiger charge is 2.13. The van der Waals surface area contributed by atoms with Gasteiger partial charge in [-0.3, -0.25) is 0 Å². The molecule has 0 saturated heterocycles. The molecule has 1 rings (SSSR count). The molecule has 0 bridgehead atoms. The molecule has 0 aliphatic carbocycles. The van der Waals surface area contributed by atoms with Crippen molar-refractivity contribution >= 4 is 15.9 Å². The predicted octanol–water partition coefficient (Wildman–Crippen LogP) is 3.75. The van der Waals surface area contributed by atoms with Crippen LogP contribution in [-0.4, -0.2) is 18.7 Å². The summed E-state index contributed by atoms with van der Waals surface area (Å²) in [5.41, 5.74) is 0.114. The molecular weight excluding hydrogens is 285 g/mol. The summed E-state index contributed by atoms with van der Waals surface area (Å²) >= 11 is 3.32. The van der Waals surface area contributed by atoms with Gasteiger partial charge in [0.05, 0.1) is 4.47 Å². The van der Waals surface area contributed by atoms with Crippen LogP contribution in [0.3, 0.4) is 0 Å². The Balaban J connectivity index is 2.38. The number of rotatable bonds is 6. The second-order valence-electron chi connectivity index (χ2n) is 4.59. The lowest BCUT2D eigenvalue weighted by Crippen LogP contribution is -2.40. The summed E-state index contributed by atoms with van der Waals surface area (Å²) in [6.07, 6.45) is 1.05. The Bertz CT molecular complexity index is 368. The van der Waals surface area contributed by atoms with Gasteiger partial charge >= 0.3 is 0 Å². The van der Waals surface area contributed by atoms with E-state index in [1.807, 2.05) is 0 Å². The first-order valence-corrected chi connectivity index (χ1v) is 6.57. The fourth-order valence-corrected chi connectivity index (χ4v) is 1.62. The Labute approximate surface area is 111 Å². The summed E-state index contributed by atoms with van der Waals surface area (Å²) in [5, 5.41) is 3.38. The van der Waals surface area contributed by atoms with Crippen LogP contribution < -0.4 is 10.1 Å². The van der Waals surface area contributed by atoms with Gasteiger partial charge in [-0.25, -0.2) is 4.39 Å². The largest absolute Gasteiger partial charge is 0.491 e. The molecule has 0 fully saturated rings. The topological polar surface area (TPSA) is 21.3 Å². The maximum atomic E-state index is 13.0. The molecular formula is C13H19BrFNO. The SMILES string of the molecule is CCC(C)(C)NCCOc1cc(F)ccc1Br. The van der Waals surface area contributed by atoms with Gasteiger partial charge in [0.15, 0.2) is 0 Å². The van der Waals surface area contributed by atoms with Gasteiger partial charge in [0.2, 0.25) is 0 Å². The first-order chi connectivity index (χ1) is 7.94. The highest BCUT2D eigenvalue weighted by atomic mass is 79.9. The van der Waals surface area contributed by atoms with Crippen LogP contribution in [0.15, 0.2) is 22.7 Å². The molecule has 0 aromatic heterocycles. The van der Waals surface area contributed by atoms with Crippen LogP contribution in [0.5, 0.6) is 5.75 Å². The lowest BCUT2D eigenvalue weighted by Gasteiger charge is -2.24. The first-order valence-electron chi connectivity index (χ1n) is 5.77. The summed E-state index contributed by atoms with van der Waals surface area (Å²) in [7, 11) is 0. The summed E-state index contributed by atoms with van der Waals surface area (Å²) < 4.78 is 19.3. The zero-order chi connectivity index (χ0) is 12.9. The molecule has 4 heteroatoms. The molecule has 2 nitrogen and oxygen atoms in total. The van der Waals surface area contributed by atoms with Crippen molar-refractivity contribution in [2.24, 2.45) is 0 Å². The quantitative estimate of drug-likeness (QED) is 0.808. The third kappa shape index (κ3) is 5.04. The Morgan fingerprint density at radius 2 is 2.12 bits per heavy atom. The van der Waals surface area contributed by atoms with Crippen LogP contribution in [0, 0.1) is 5.82 Å². The van der Waals surface area contributed by atoms with Crippen LogP contribution in [0.2, 0.25) is 0 Å². The lowest BCUT2D eigenvalue weighted by molar-refractivity contribution is 0.278. The molecule has 1 aromatic rings. The maximum absolute atomic E-state index is 13.0. The normalized spacial score (nSPS) is 11.6. The second kappa shape index (κ2) is 6.36. The second-order valence-corrected chi connectivity index (χ2v) is 5.44. The van der Waals surface area contributed by atoms with E-state index in [-0.39, 0.29) is 11.4 Å². The van der Waals surface area contributed by atoms with Crippen molar-refractivity contribution in [2.75, 3.05) is 13.2 Å². The van der Waals surface area contributed by atoms with E-state index in [4.69, 9.17) is 4.74 Å².